The molecule has 1 aromatic heterocycles. The van der Waals surface area contributed by atoms with E-state index in [4.69, 9.17) is 14.2 Å². The summed E-state index contributed by atoms with van der Waals surface area (Å²) in [6.45, 7) is 3.22. The Kier molecular flexibility index (Phi) is 7.92. The molecule has 32 heavy (non-hydrogen) atoms. The standard InChI is InChI=1S/C22H29N3O6S/c1-4-31-22-17(6-5-11-23-22)15-24-21(26)16-9-12-25(13-10-16)32(27,28)18-7-8-19(29-2)20(14-18)30-3/h5-8,11,14,16H,4,9-10,12-13,15H2,1-3H3,(H,24,26). The number of pyridine rings is 1. The highest BCUT2D eigenvalue weighted by atomic mass is 32.2. The highest BCUT2D eigenvalue weighted by Gasteiger charge is 2.32. The van der Waals surface area contributed by atoms with Gasteiger partial charge in [0.2, 0.25) is 21.8 Å². The number of piperidine rings is 1. The molecule has 2 heterocycles. The Morgan fingerprint density at radius 1 is 1.16 bits per heavy atom. The zero-order valence-electron chi connectivity index (χ0n) is 18.5. The average molecular weight is 464 g/mol. The molecule has 0 atom stereocenters. The second-order valence-corrected chi connectivity index (χ2v) is 9.25. The van der Waals surface area contributed by atoms with Gasteiger partial charge in [-0.2, -0.15) is 4.31 Å². The number of hydrogen-bond acceptors (Lipinski definition) is 7. The minimum Gasteiger partial charge on any atom is -0.493 e. The number of aromatic nitrogens is 1. The van der Waals surface area contributed by atoms with E-state index in [0.717, 1.165) is 5.56 Å². The van der Waals surface area contributed by atoms with Crippen molar-refractivity contribution in [1.29, 1.82) is 0 Å². The van der Waals surface area contributed by atoms with Gasteiger partial charge in [0, 0.05) is 43.4 Å². The molecule has 1 aliphatic rings. The normalized spacial score (nSPS) is 15.2. The summed E-state index contributed by atoms with van der Waals surface area (Å²) in [5.74, 6) is 0.970. The van der Waals surface area contributed by atoms with Crippen LogP contribution in [0.2, 0.25) is 0 Å². The van der Waals surface area contributed by atoms with E-state index in [2.05, 4.69) is 10.3 Å². The fraction of sp³-hybridized carbons (Fsp3) is 0.455. The number of carbonyl (C=O) groups is 1. The van der Waals surface area contributed by atoms with Gasteiger partial charge in [-0.05, 0) is 38.0 Å². The summed E-state index contributed by atoms with van der Waals surface area (Å²) in [5, 5.41) is 2.92. The molecule has 1 saturated heterocycles. The number of carbonyl (C=O) groups excluding carboxylic acids is 1. The van der Waals surface area contributed by atoms with E-state index in [9.17, 15) is 13.2 Å². The molecule has 1 fully saturated rings. The summed E-state index contributed by atoms with van der Waals surface area (Å²) in [6, 6.07) is 8.18. The van der Waals surface area contributed by atoms with Crippen LogP contribution in [0.15, 0.2) is 41.4 Å². The Bertz CT molecular complexity index is 1040. The van der Waals surface area contributed by atoms with Crippen LogP contribution in [0.4, 0.5) is 0 Å². The molecule has 3 rings (SSSR count). The second kappa shape index (κ2) is 10.6. The summed E-state index contributed by atoms with van der Waals surface area (Å²) in [7, 11) is -0.741. The topological polar surface area (TPSA) is 107 Å². The smallest absolute Gasteiger partial charge is 0.243 e. The number of sulfonamides is 1. The van der Waals surface area contributed by atoms with Gasteiger partial charge in [-0.25, -0.2) is 13.4 Å². The van der Waals surface area contributed by atoms with Gasteiger partial charge in [-0.15, -0.1) is 0 Å². The Hall–Kier alpha value is -2.85. The largest absolute Gasteiger partial charge is 0.493 e. The van der Waals surface area contributed by atoms with Crippen LogP contribution >= 0.6 is 0 Å². The molecule has 1 aliphatic heterocycles. The summed E-state index contributed by atoms with van der Waals surface area (Å²) in [6.07, 6.45) is 2.54. The van der Waals surface area contributed by atoms with E-state index in [-0.39, 0.29) is 29.8 Å². The van der Waals surface area contributed by atoms with Gasteiger partial charge < -0.3 is 19.5 Å². The highest BCUT2D eigenvalue weighted by molar-refractivity contribution is 7.89. The van der Waals surface area contributed by atoms with Crippen molar-refractivity contribution >= 4 is 15.9 Å². The molecule has 1 N–H and O–H groups in total. The molecular formula is C22H29N3O6S. The number of rotatable bonds is 9. The summed E-state index contributed by atoms with van der Waals surface area (Å²) in [5.41, 5.74) is 0.802. The lowest BCUT2D eigenvalue weighted by molar-refractivity contribution is -0.126. The SMILES string of the molecule is CCOc1ncccc1CNC(=O)C1CCN(S(=O)(=O)c2ccc(OC)c(OC)c2)CC1. The fourth-order valence-corrected chi connectivity index (χ4v) is 5.12. The number of amides is 1. The van der Waals surface area contributed by atoms with Crippen molar-refractivity contribution in [3.05, 3.63) is 42.1 Å². The maximum atomic E-state index is 13.0. The lowest BCUT2D eigenvalue weighted by atomic mass is 9.97. The molecule has 2 aromatic rings. The van der Waals surface area contributed by atoms with Gasteiger partial charge in [-0.1, -0.05) is 6.07 Å². The molecule has 10 heteroatoms. The Morgan fingerprint density at radius 3 is 2.53 bits per heavy atom. The monoisotopic (exact) mass is 463 g/mol. The Balaban J connectivity index is 1.59. The van der Waals surface area contributed by atoms with E-state index in [1.54, 1.807) is 18.3 Å². The van der Waals surface area contributed by atoms with Crippen LogP contribution in [-0.4, -0.2) is 57.5 Å². The van der Waals surface area contributed by atoms with Gasteiger partial charge in [0.15, 0.2) is 11.5 Å². The maximum absolute atomic E-state index is 13.0. The molecule has 0 radical (unpaired) electrons. The zero-order valence-corrected chi connectivity index (χ0v) is 19.4. The van der Waals surface area contributed by atoms with Gasteiger partial charge in [0.1, 0.15) is 0 Å². The third-order valence-corrected chi connectivity index (χ3v) is 7.30. The van der Waals surface area contributed by atoms with Crippen LogP contribution in [-0.2, 0) is 21.4 Å². The molecular weight excluding hydrogens is 434 g/mol. The van der Waals surface area contributed by atoms with Crippen LogP contribution in [0.25, 0.3) is 0 Å². The Labute approximate surface area is 188 Å². The number of nitrogens with one attached hydrogen (secondary N) is 1. The first-order valence-electron chi connectivity index (χ1n) is 10.5. The van der Waals surface area contributed by atoms with Crippen molar-refractivity contribution in [2.45, 2.75) is 31.2 Å². The third kappa shape index (κ3) is 5.31. The van der Waals surface area contributed by atoms with Crippen molar-refractivity contribution in [1.82, 2.24) is 14.6 Å². The third-order valence-electron chi connectivity index (χ3n) is 5.40. The molecule has 1 aromatic carbocycles. The second-order valence-electron chi connectivity index (χ2n) is 7.31. The van der Waals surface area contributed by atoms with Crippen LogP contribution in [0, 0.1) is 5.92 Å². The molecule has 1 amide bonds. The number of benzene rings is 1. The van der Waals surface area contributed by atoms with Gasteiger partial charge in [0.25, 0.3) is 0 Å². The lowest BCUT2D eigenvalue weighted by Crippen LogP contribution is -2.42. The van der Waals surface area contributed by atoms with Crippen molar-refractivity contribution in [3.8, 4) is 17.4 Å². The molecule has 0 bridgehead atoms. The Morgan fingerprint density at radius 2 is 1.88 bits per heavy atom. The fourth-order valence-electron chi connectivity index (χ4n) is 3.64. The highest BCUT2D eigenvalue weighted by Crippen LogP contribution is 2.32. The molecule has 0 unspecified atom stereocenters. The molecule has 9 nitrogen and oxygen atoms in total. The minimum atomic E-state index is -3.69. The van der Waals surface area contributed by atoms with Gasteiger partial charge in [0.05, 0.1) is 25.7 Å². The minimum absolute atomic E-state index is 0.0977. The van der Waals surface area contributed by atoms with Crippen molar-refractivity contribution < 1.29 is 27.4 Å². The molecule has 0 spiro atoms. The van der Waals surface area contributed by atoms with E-state index in [1.807, 2.05) is 13.0 Å². The van der Waals surface area contributed by atoms with Crippen LogP contribution in [0.5, 0.6) is 17.4 Å². The predicted octanol–water partition coefficient (Wildman–Crippen LogP) is 2.21. The predicted molar refractivity (Wildman–Crippen MR) is 118 cm³/mol. The van der Waals surface area contributed by atoms with Crippen molar-refractivity contribution in [3.63, 3.8) is 0 Å². The van der Waals surface area contributed by atoms with Crippen molar-refractivity contribution in [2.75, 3.05) is 33.9 Å². The first-order valence-corrected chi connectivity index (χ1v) is 11.9. The van der Waals surface area contributed by atoms with Crippen molar-refractivity contribution in [2.24, 2.45) is 5.92 Å². The van der Waals surface area contributed by atoms with Crippen LogP contribution < -0.4 is 19.5 Å². The molecule has 0 aliphatic carbocycles. The number of nitrogens with zero attached hydrogens (tertiary/aromatic N) is 2. The van der Waals surface area contributed by atoms with E-state index < -0.39 is 10.0 Å². The lowest BCUT2D eigenvalue weighted by Gasteiger charge is -2.30. The van der Waals surface area contributed by atoms with Gasteiger partial charge >= 0.3 is 0 Å². The number of ether oxygens (including phenoxy) is 3. The summed E-state index contributed by atoms with van der Waals surface area (Å²) < 4.78 is 43.4. The first-order chi connectivity index (χ1) is 15.4. The van der Waals surface area contributed by atoms with E-state index >= 15 is 0 Å². The van der Waals surface area contributed by atoms with E-state index in [0.29, 0.717) is 43.4 Å². The number of methoxy groups -OCH3 is 2. The molecule has 174 valence electrons. The number of hydrogen-bond donors (Lipinski definition) is 1. The van der Waals surface area contributed by atoms with E-state index in [1.165, 1.54) is 30.7 Å². The maximum Gasteiger partial charge on any atom is 0.243 e. The summed E-state index contributed by atoms with van der Waals surface area (Å²) in [4.78, 5) is 17.0. The van der Waals surface area contributed by atoms with Crippen LogP contribution in [0.3, 0.4) is 0 Å². The zero-order chi connectivity index (χ0) is 23.1. The van der Waals surface area contributed by atoms with Crippen LogP contribution in [0.1, 0.15) is 25.3 Å². The van der Waals surface area contributed by atoms with Gasteiger partial charge in [-0.3, -0.25) is 4.79 Å². The summed E-state index contributed by atoms with van der Waals surface area (Å²) >= 11 is 0. The first kappa shape index (κ1) is 23.8. The average Bonchev–Trinajstić information content (AvgIpc) is 2.83. The molecule has 0 saturated carbocycles. The quantitative estimate of drug-likeness (QED) is 0.608.